The summed E-state index contributed by atoms with van der Waals surface area (Å²) in [6.07, 6.45) is 1.57. The summed E-state index contributed by atoms with van der Waals surface area (Å²) in [5.41, 5.74) is 2.07. The van der Waals surface area contributed by atoms with Gasteiger partial charge in [-0.15, -0.1) is 0 Å². The van der Waals surface area contributed by atoms with E-state index in [1.54, 1.807) is 0 Å². The fourth-order valence-electron chi connectivity index (χ4n) is 1.40. The summed E-state index contributed by atoms with van der Waals surface area (Å²) < 4.78 is 1.20. The Hall–Kier alpha value is -0.620. The van der Waals surface area contributed by atoms with Gasteiger partial charge in [-0.1, -0.05) is 0 Å². The number of halogens is 1. The first-order valence-electron chi connectivity index (χ1n) is 4.54. The number of aliphatic hydroxyl groups excluding tert-OH is 1. The monoisotopic (exact) mass is 302 g/mol. The van der Waals surface area contributed by atoms with Crippen molar-refractivity contribution in [3.05, 3.63) is 27.6 Å². The third kappa shape index (κ3) is 2.06. The third-order valence-corrected chi connectivity index (χ3v) is 2.74. The summed E-state index contributed by atoms with van der Waals surface area (Å²) in [6, 6.07) is 6.13. The highest BCUT2D eigenvalue weighted by Crippen LogP contribution is 2.15. The van der Waals surface area contributed by atoms with Crippen molar-refractivity contribution in [2.75, 3.05) is 6.61 Å². The van der Waals surface area contributed by atoms with Gasteiger partial charge >= 0.3 is 0 Å². The molecule has 0 aliphatic rings. The van der Waals surface area contributed by atoms with Gasteiger partial charge in [-0.05, 0) is 47.2 Å². The first kappa shape index (κ1) is 9.92. The molecule has 0 spiro atoms. The predicted molar refractivity (Wildman–Crippen MR) is 64.2 cm³/mol. The van der Waals surface area contributed by atoms with Crippen molar-refractivity contribution in [3.8, 4) is 0 Å². The maximum atomic E-state index is 8.70. The molecule has 14 heavy (non-hydrogen) atoms. The molecule has 0 atom stereocenters. The molecule has 1 aromatic carbocycles. The average Bonchev–Trinajstić information content (AvgIpc) is 2.56. The van der Waals surface area contributed by atoms with Crippen molar-refractivity contribution >= 4 is 33.6 Å². The molecule has 0 aliphatic heterocycles. The second-order valence-electron chi connectivity index (χ2n) is 3.17. The van der Waals surface area contributed by atoms with Crippen molar-refractivity contribution in [3.63, 3.8) is 0 Å². The molecule has 2 rings (SSSR count). The van der Waals surface area contributed by atoms with Crippen molar-refractivity contribution in [1.82, 2.24) is 9.97 Å². The molecule has 0 amide bonds. The number of aliphatic hydroxyl groups is 1. The Bertz CT molecular complexity index is 439. The van der Waals surface area contributed by atoms with Crippen LogP contribution in [0.1, 0.15) is 12.2 Å². The van der Waals surface area contributed by atoms with E-state index >= 15 is 0 Å². The van der Waals surface area contributed by atoms with Crippen LogP contribution in [0.15, 0.2) is 18.2 Å². The normalized spacial score (nSPS) is 11.0. The van der Waals surface area contributed by atoms with E-state index in [0.717, 1.165) is 29.7 Å². The SMILES string of the molecule is OCCCc1nc2ccc(I)cc2[nH]1. The number of fused-ring (bicyclic) bond motifs is 1. The highest BCUT2D eigenvalue weighted by molar-refractivity contribution is 14.1. The van der Waals surface area contributed by atoms with Gasteiger partial charge in [-0.2, -0.15) is 0 Å². The average molecular weight is 302 g/mol. The lowest BCUT2D eigenvalue weighted by atomic mass is 10.3. The first-order chi connectivity index (χ1) is 6.79. The Morgan fingerprint density at radius 2 is 2.29 bits per heavy atom. The number of aromatic nitrogens is 2. The molecule has 3 nitrogen and oxygen atoms in total. The van der Waals surface area contributed by atoms with Gasteiger partial charge in [0.15, 0.2) is 0 Å². The van der Waals surface area contributed by atoms with E-state index in [9.17, 15) is 0 Å². The van der Waals surface area contributed by atoms with Gasteiger partial charge in [0.25, 0.3) is 0 Å². The van der Waals surface area contributed by atoms with E-state index in [2.05, 4.69) is 38.6 Å². The summed E-state index contributed by atoms with van der Waals surface area (Å²) in [6.45, 7) is 0.217. The zero-order valence-electron chi connectivity index (χ0n) is 7.63. The Morgan fingerprint density at radius 1 is 1.43 bits per heavy atom. The highest BCUT2D eigenvalue weighted by Gasteiger charge is 2.02. The van der Waals surface area contributed by atoms with Crippen LogP contribution in [0.4, 0.5) is 0 Å². The van der Waals surface area contributed by atoms with Crippen LogP contribution in [0.25, 0.3) is 11.0 Å². The predicted octanol–water partition coefficient (Wildman–Crippen LogP) is 2.09. The van der Waals surface area contributed by atoms with Gasteiger partial charge in [0.1, 0.15) is 5.82 Å². The lowest BCUT2D eigenvalue weighted by molar-refractivity contribution is 0.287. The second-order valence-corrected chi connectivity index (χ2v) is 4.42. The maximum absolute atomic E-state index is 8.70. The number of nitrogens with zero attached hydrogens (tertiary/aromatic N) is 1. The van der Waals surface area contributed by atoms with E-state index in [1.807, 2.05) is 12.1 Å². The van der Waals surface area contributed by atoms with Gasteiger partial charge in [0.2, 0.25) is 0 Å². The maximum Gasteiger partial charge on any atom is 0.107 e. The van der Waals surface area contributed by atoms with Crippen LogP contribution in [-0.4, -0.2) is 21.7 Å². The molecular formula is C10H11IN2O. The minimum absolute atomic E-state index is 0.217. The Kier molecular flexibility index (Phi) is 3.02. The van der Waals surface area contributed by atoms with E-state index in [0.29, 0.717) is 0 Å². The molecule has 0 saturated heterocycles. The van der Waals surface area contributed by atoms with E-state index in [-0.39, 0.29) is 6.61 Å². The summed E-state index contributed by atoms with van der Waals surface area (Å²) in [4.78, 5) is 7.67. The topological polar surface area (TPSA) is 48.9 Å². The fraction of sp³-hybridized carbons (Fsp3) is 0.300. The van der Waals surface area contributed by atoms with Crippen molar-refractivity contribution in [1.29, 1.82) is 0 Å². The lowest BCUT2D eigenvalue weighted by Crippen LogP contribution is -1.90. The molecule has 4 heteroatoms. The summed E-state index contributed by atoms with van der Waals surface area (Å²) in [5.74, 6) is 0.955. The van der Waals surface area contributed by atoms with Gasteiger partial charge in [0.05, 0.1) is 11.0 Å². The van der Waals surface area contributed by atoms with Crippen LogP contribution in [0.3, 0.4) is 0 Å². The fourth-order valence-corrected chi connectivity index (χ4v) is 1.89. The standard InChI is InChI=1S/C10H11IN2O/c11-7-3-4-8-9(6-7)13-10(12-8)2-1-5-14/h3-4,6,14H,1-2,5H2,(H,12,13). The molecule has 2 aromatic rings. The number of nitrogens with one attached hydrogen (secondary N) is 1. The van der Waals surface area contributed by atoms with Crippen LogP contribution < -0.4 is 0 Å². The van der Waals surface area contributed by atoms with Gasteiger partial charge in [-0.3, -0.25) is 0 Å². The molecule has 0 saturated carbocycles. The molecule has 1 heterocycles. The van der Waals surface area contributed by atoms with Crippen LogP contribution >= 0.6 is 22.6 Å². The molecule has 0 unspecified atom stereocenters. The molecule has 2 N–H and O–H groups in total. The number of imidazole rings is 1. The van der Waals surface area contributed by atoms with Crippen LogP contribution in [0, 0.1) is 3.57 Å². The molecule has 1 aromatic heterocycles. The van der Waals surface area contributed by atoms with Gasteiger partial charge in [-0.25, -0.2) is 4.98 Å². The Balaban J connectivity index is 2.32. The minimum atomic E-state index is 0.217. The molecule has 0 aliphatic carbocycles. The van der Waals surface area contributed by atoms with Crippen LogP contribution in [0.5, 0.6) is 0 Å². The number of hydrogen-bond acceptors (Lipinski definition) is 2. The smallest absolute Gasteiger partial charge is 0.107 e. The summed E-state index contributed by atoms with van der Waals surface area (Å²) in [5, 5.41) is 8.70. The number of aryl methyl sites for hydroxylation is 1. The molecular weight excluding hydrogens is 291 g/mol. The van der Waals surface area contributed by atoms with E-state index < -0.39 is 0 Å². The highest BCUT2D eigenvalue weighted by atomic mass is 127. The zero-order chi connectivity index (χ0) is 9.97. The summed E-state index contributed by atoms with van der Waals surface area (Å²) in [7, 11) is 0. The Labute approximate surface area is 95.7 Å². The van der Waals surface area contributed by atoms with Crippen molar-refractivity contribution in [2.24, 2.45) is 0 Å². The molecule has 74 valence electrons. The quantitative estimate of drug-likeness (QED) is 0.853. The number of benzene rings is 1. The number of rotatable bonds is 3. The second kappa shape index (κ2) is 4.27. The summed E-state index contributed by atoms with van der Waals surface area (Å²) >= 11 is 2.28. The van der Waals surface area contributed by atoms with E-state index in [1.165, 1.54) is 3.57 Å². The molecule has 0 bridgehead atoms. The molecule has 0 radical (unpaired) electrons. The van der Waals surface area contributed by atoms with Gasteiger partial charge in [0, 0.05) is 16.6 Å². The number of H-pyrrole nitrogens is 1. The van der Waals surface area contributed by atoms with E-state index in [4.69, 9.17) is 5.11 Å². The third-order valence-electron chi connectivity index (χ3n) is 2.06. The first-order valence-corrected chi connectivity index (χ1v) is 5.62. The lowest BCUT2D eigenvalue weighted by Gasteiger charge is -1.90. The largest absolute Gasteiger partial charge is 0.396 e. The number of hydrogen-bond donors (Lipinski definition) is 2. The van der Waals surface area contributed by atoms with Crippen molar-refractivity contribution in [2.45, 2.75) is 12.8 Å². The Morgan fingerprint density at radius 3 is 3.07 bits per heavy atom. The van der Waals surface area contributed by atoms with Crippen molar-refractivity contribution < 1.29 is 5.11 Å². The minimum Gasteiger partial charge on any atom is -0.396 e. The van der Waals surface area contributed by atoms with Crippen LogP contribution in [-0.2, 0) is 6.42 Å². The number of aromatic amines is 1. The zero-order valence-corrected chi connectivity index (χ0v) is 9.78. The van der Waals surface area contributed by atoms with Gasteiger partial charge < -0.3 is 10.1 Å². The van der Waals surface area contributed by atoms with Crippen LogP contribution in [0.2, 0.25) is 0 Å². The molecule has 0 fully saturated rings.